The molecule has 0 radical (unpaired) electrons. The van der Waals surface area contributed by atoms with E-state index in [9.17, 15) is 0 Å². The summed E-state index contributed by atoms with van der Waals surface area (Å²) in [5.74, 6) is 0.419. The third-order valence-corrected chi connectivity index (χ3v) is 1.45. The van der Waals surface area contributed by atoms with Gasteiger partial charge in [-0.2, -0.15) is 0 Å². The number of halogens is 1. The van der Waals surface area contributed by atoms with Crippen molar-refractivity contribution in [2.24, 2.45) is 0 Å². The smallest absolute Gasteiger partial charge is 0.151 e. The Hall–Kier alpha value is -0.570. The molecule has 3 heteroatoms. The molecule has 0 N–H and O–H groups in total. The molecule has 0 atom stereocenters. The van der Waals surface area contributed by atoms with E-state index < -0.39 is 7.06 Å². The minimum atomic E-state index is -1.31. The van der Waals surface area contributed by atoms with Gasteiger partial charge in [-0.15, -0.1) is 0 Å². The van der Waals surface area contributed by atoms with Crippen LogP contribution in [0.3, 0.4) is 0 Å². The Morgan fingerprint density at radius 1 is 1.89 bits per heavy atom. The molecule has 0 unspecified atom stereocenters. The highest BCUT2D eigenvalue weighted by molar-refractivity contribution is 9.10. The van der Waals surface area contributed by atoms with Crippen LogP contribution in [0.25, 0.3) is 0 Å². The Balaban J connectivity index is 2.78. The second-order valence-electron chi connectivity index (χ2n) is 1.41. The van der Waals surface area contributed by atoms with Crippen LogP contribution < -0.4 is 4.74 Å². The van der Waals surface area contributed by atoms with Crippen molar-refractivity contribution in [2.75, 3.05) is 7.06 Å². The first-order valence-corrected chi connectivity index (χ1v) is 3.11. The van der Waals surface area contributed by atoms with Gasteiger partial charge in [-0.25, -0.2) is 4.98 Å². The van der Waals surface area contributed by atoms with Crippen LogP contribution in [-0.4, -0.2) is 12.0 Å². The number of ether oxygens (including phenoxy) is 1. The molecule has 0 amide bonds. The number of hydrogen-bond donors (Lipinski definition) is 0. The highest BCUT2D eigenvalue weighted by Crippen LogP contribution is 2.19. The molecule has 1 rings (SSSR count). The van der Waals surface area contributed by atoms with Crippen molar-refractivity contribution in [2.45, 2.75) is 0 Å². The maximum Gasteiger partial charge on any atom is 0.151 e. The van der Waals surface area contributed by atoms with Gasteiger partial charge in [0.25, 0.3) is 0 Å². The zero-order valence-electron chi connectivity index (χ0n) is 6.54. The molecule has 0 aliphatic heterocycles. The van der Waals surface area contributed by atoms with Gasteiger partial charge >= 0.3 is 0 Å². The van der Waals surface area contributed by atoms with Crippen LogP contribution in [0.1, 0.15) is 2.74 Å². The van der Waals surface area contributed by atoms with Gasteiger partial charge in [-0.3, -0.25) is 0 Å². The Morgan fingerprint density at radius 3 is 3.44 bits per heavy atom. The Bertz CT molecular complexity index is 244. The van der Waals surface area contributed by atoms with E-state index in [1.807, 2.05) is 0 Å². The third kappa shape index (κ3) is 1.42. The summed E-state index contributed by atoms with van der Waals surface area (Å²) in [5.41, 5.74) is 0. The van der Waals surface area contributed by atoms with E-state index in [1.165, 1.54) is 0 Å². The van der Waals surface area contributed by atoms with E-state index in [4.69, 9.17) is 7.48 Å². The molecule has 0 saturated heterocycles. The summed E-state index contributed by atoms with van der Waals surface area (Å²) >= 11 is 3.12. The largest absolute Gasteiger partial charge is 0.494 e. The van der Waals surface area contributed by atoms with Crippen molar-refractivity contribution in [3.05, 3.63) is 22.9 Å². The highest BCUT2D eigenvalue weighted by Gasteiger charge is 1.94. The molecule has 0 aliphatic carbocycles. The number of nitrogens with zero attached hydrogens (tertiary/aromatic N) is 1. The summed E-state index contributed by atoms with van der Waals surface area (Å²) in [6.07, 6.45) is 1.60. The SMILES string of the molecule is [2H]C([2H])Oc1cccnc1Br. The van der Waals surface area contributed by atoms with E-state index in [0.717, 1.165) is 0 Å². The second-order valence-corrected chi connectivity index (χ2v) is 2.16. The van der Waals surface area contributed by atoms with E-state index in [1.54, 1.807) is 18.3 Å². The zero-order valence-corrected chi connectivity index (χ0v) is 6.13. The molecule has 0 saturated carbocycles. The van der Waals surface area contributed by atoms with Gasteiger partial charge in [-0.1, -0.05) is 0 Å². The first kappa shape index (κ1) is 4.28. The molecule has 0 spiro atoms. The minimum absolute atomic E-state index is 0.419. The van der Waals surface area contributed by atoms with E-state index in [0.29, 0.717) is 10.4 Å². The van der Waals surface area contributed by atoms with Crippen molar-refractivity contribution < 1.29 is 7.48 Å². The predicted molar refractivity (Wildman–Crippen MR) is 38.5 cm³/mol. The number of rotatable bonds is 1. The van der Waals surface area contributed by atoms with Crippen molar-refractivity contribution in [1.82, 2.24) is 4.98 Å². The van der Waals surface area contributed by atoms with Gasteiger partial charge in [0.2, 0.25) is 0 Å². The van der Waals surface area contributed by atoms with E-state index >= 15 is 0 Å². The van der Waals surface area contributed by atoms with Gasteiger partial charge in [0, 0.05) is 6.20 Å². The maximum atomic E-state index is 6.81. The average Bonchev–Trinajstić information content (AvgIpc) is 1.93. The molecule has 2 nitrogen and oxygen atoms in total. The molecule has 0 aromatic carbocycles. The summed E-state index contributed by atoms with van der Waals surface area (Å²) in [6.45, 7) is 0. The van der Waals surface area contributed by atoms with Crippen LogP contribution >= 0.6 is 15.9 Å². The van der Waals surface area contributed by atoms with Crippen molar-refractivity contribution in [1.29, 1.82) is 0 Å². The fourth-order valence-electron chi connectivity index (χ4n) is 0.459. The normalized spacial score (nSPS) is 12.7. The fraction of sp³-hybridized carbons (Fsp3) is 0.167. The number of methoxy groups -OCH3 is 1. The maximum absolute atomic E-state index is 6.81. The minimum Gasteiger partial charge on any atom is -0.494 e. The number of hydrogen-bond acceptors (Lipinski definition) is 2. The van der Waals surface area contributed by atoms with Gasteiger partial charge in [0.05, 0.1) is 9.80 Å². The molecule has 9 heavy (non-hydrogen) atoms. The Morgan fingerprint density at radius 2 is 2.78 bits per heavy atom. The van der Waals surface area contributed by atoms with Crippen molar-refractivity contribution in [3.8, 4) is 5.75 Å². The molecule has 0 bridgehead atoms. The van der Waals surface area contributed by atoms with Crippen molar-refractivity contribution >= 4 is 15.9 Å². The molecule has 0 aliphatic rings. The Kier molecular flexibility index (Phi) is 1.34. The summed E-state index contributed by atoms with van der Waals surface area (Å²) in [7, 11) is -1.31. The van der Waals surface area contributed by atoms with Gasteiger partial charge in [0.1, 0.15) is 4.60 Å². The first-order valence-electron chi connectivity index (χ1n) is 3.47. The zero-order chi connectivity index (χ0) is 8.27. The topological polar surface area (TPSA) is 22.1 Å². The highest BCUT2D eigenvalue weighted by atomic mass is 79.9. The van der Waals surface area contributed by atoms with Crippen LogP contribution in [0.4, 0.5) is 0 Å². The van der Waals surface area contributed by atoms with Gasteiger partial charge in [-0.05, 0) is 28.1 Å². The summed E-state index contributed by atoms with van der Waals surface area (Å²) in [5, 5.41) is 0. The van der Waals surface area contributed by atoms with Crippen molar-refractivity contribution in [3.63, 3.8) is 0 Å². The van der Waals surface area contributed by atoms with E-state index in [2.05, 4.69) is 20.9 Å². The lowest BCUT2D eigenvalue weighted by Gasteiger charge is -1.98. The summed E-state index contributed by atoms with van der Waals surface area (Å²) in [6, 6.07) is 3.33. The van der Waals surface area contributed by atoms with Gasteiger partial charge < -0.3 is 4.74 Å². The summed E-state index contributed by atoms with van der Waals surface area (Å²) in [4.78, 5) is 3.86. The molecule has 1 heterocycles. The van der Waals surface area contributed by atoms with Crippen LogP contribution in [-0.2, 0) is 0 Å². The molecule has 0 fully saturated rings. The first-order chi connectivity index (χ1) is 5.20. The van der Waals surface area contributed by atoms with E-state index in [-0.39, 0.29) is 0 Å². The molecule has 48 valence electrons. The lowest BCUT2D eigenvalue weighted by atomic mass is 10.5. The quantitative estimate of drug-likeness (QED) is 0.630. The van der Waals surface area contributed by atoms with Crippen LogP contribution in [0.15, 0.2) is 22.9 Å². The molecule has 1 aromatic rings. The van der Waals surface area contributed by atoms with Gasteiger partial charge in [0.15, 0.2) is 5.75 Å². The van der Waals surface area contributed by atoms with Crippen LogP contribution in [0, 0.1) is 0 Å². The monoisotopic (exact) mass is 189 g/mol. The Labute approximate surface area is 64.8 Å². The predicted octanol–water partition coefficient (Wildman–Crippen LogP) is 1.85. The van der Waals surface area contributed by atoms with Crippen LogP contribution in [0.2, 0.25) is 0 Å². The third-order valence-electron chi connectivity index (χ3n) is 0.852. The fourth-order valence-corrected chi connectivity index (χ4v) is 0.803. The lowest BCUT2D eigenvalue weighted by Crippen LogP contribution is -1.84. The molecular weight excluding hydrogens is 182 g/mol. The summed E-state index contributed by atoms with van der Waals surface area (Å²) < 4.78 is 18.9. The standard InChI is InChI=1S/C6H6BrNO/c1-9-5-3-2-4-8-6(5)7/h2-4H,1H3/i1D2. The average molecular weight is 190 g/mol. The number of pyridine rings is 1. The van der Waals surface area contributed by atoms with Crippen LogP contribution in [0.5, 0.6) is 5.75 Å². The molecular formula is C6H6BrNO. The molecule has 1 aromatic heterocycles. The lowest BCUT2D eigenvalue weighted by molar-refractivity contribution is 0.410. The second kappa shape index (κ2) is 2.82. The number of aromatic nitrogens is 1.